The van der Waals surface area contributed by atoms with Crippen LogP contribution in [0, 0.1) is 6.92 Å². The fourth-order valence-corrected chi connectivity index (χ4v) is 4.33. The van der Waals surface area contributed by atoms with Gasteiger partial charge in [-0.05, 0) is 42.8 Å². The number of nitrogens with one attached hydrogen (secondary N) is 2. The number of carbonyl (C=O) groups excluding carboxylic acids is 2. The number of methoxy groups -OCH3 is 3. The van der Waals surface area contributed by atoms with E-state index in [-0.39, 0.29) is 21.7 Å². The van der Waals surface area contributed by atoms with Crippen LogP contribution < -0.4 is 19.5 Å². The van der Waals surface area contributed by atoms with Gasteiger partial charge >= 0.3 is 5.97 Å². The third-order valence-corrected chi connectivity index (χ3v) is 6.35. The number of amides is 1. The fraction of sp³-hybridized carbons (Fsp3) is 0.167. The van der Waals surface area contributed by atoms with E-state index in [9.17, 15) is 18.0 Å². The second-order valence-corrected chi connectivity index (χ2v) is 8.83. The standard InChI is InChI=1S/C24H24N2O7S/c1-15-12-16(10-11-19(15)26-34(29,30)17-8-6-5-7-9-17)23(27)25-20-14-22(32-3)21(31-2)13-18(20)24(28)33-4/h5-14,26H,1-4H3,(H,25,27). The fourth-order valence-electron chi connectivity index (χ4n) is 3.18. The molecular formula is C24H24N2O7S. The zero-order valence-electron chi connectivity index (χ0n) is 19.0. The van der Waals surface area contributed by atoms with Gasteiger partial charge in [0, 0.05) is 17.7 Å². The van der Waals surface area contributed by atoms with Gasteiger partial charge in [-0.2, -0.15) is 0 Å². The summed E-state index contributed by atoms with van der Waals surface area (Å²) in [6, 6.07) is 15.3. The van der Waals surface area contributed by atoms with E-state index >= 15 is 0 Å². The number of ether oxygens (including phenoxy) is 3. The highest BCUT2D eigenvalue weighted by Crippen LogP contribution is 2.34. The number of esters is 1. The molecule has 0 saturated heterocycles. The number of benzene rings is 3. The molecule has 0 aliphatic heterocycles. The molecule has 3 rings (SSSR count). The largest absolute Gasteiger partial charge is 0.493 e. The molecule has 0 aromatic heterocycles. The van der Waals surface area contributed by atoms with E-state index in [0.717, 1.165) is 0 Å². The zero-order chi connectivity index (χ0) is 24.9. The molecule has 10 heteroatoms. The average Bonchev–Trinajstić information content (AvgIpc) is 2.84. The van der Waals surface area contributed by atoms with Crippen LogP contribution in [-0.4, -0.2) is 41.6 Å². The first-order valence-electron chi connectivity index (χ1n) is 10.0. The molecule has 9 nitrogen and oxygen atoms in total. The Labute approximate surface area is 197 Å². The molecule has 0 unspecified atom stereocenters. The van der Waals surface area contributed by atoms with Gasteiger partial charge in [0.1, 0.15) is 0 Å². The van der Waals surface area contributed by atoms with E-state index in [1.54, 1.807) is 25.1 Å². The van der Waals surface area contributed by atoms with Gasteiger partial charge in [0.25, 0.3) is 15.9 Å². The van der Waals surface area contributed by atoms with Crippen molar-refractivity contribution < 1.29 is 32.2 Å². The smallest absolute Gasteiger partial charge is 0.340 e. The van der Waals surface area contributed by atoms with Crippen molar-refractivity contribution in [2.24, 2.45) is 0 Å². The van der Waals surface area contributed by atoms with Gasteiger partial charge in [-0.25, -0.2) is 13.2 Å². The van der Waals surface area contributed by atoms with Crippen molar-refractivity contribution in [1.82, 2.24) is 0 Å². The minimum atomic E-state index is -3.78. The third kappa shape index (κ3) is 5.29. The van der Waals surface area contributed by atoms with E-state index in [0.29, 0.717) is 22.7 Å². The van der Waals surface area contributed by atoms with Crippen LogP contribution in [0.2, 0.25) is 0 Å². The summed E-state index contributed by atoms with van der Waals surface area (Å²) in [5.74, 6) is -0.574. The molecule has 0 bridgehead atoms. The van der Waals surface area contributed by atoms with E-state index in [4.69, 9.17) is 14.2 Å². The summed E-state index contributed by atoms with van der Waals surface area (Å²) in [7, 11) is 0.302. The summed E-state index contributed by atoms with van der Waals surface area (Å²) in [5.41, 5.74) is 1.37. The van der Waals surface area contributed by atoms with E-state index in [2.05, 4.69) is 10.0 Å². The number of rotatable bonds is 8. The zero-order valence-corrected chi connectivity index (χ0v) is 19.9. The van der Waals surface area contributed by atoms with Crippen LogP contribution in [0.3, 0.4) is 0 Å². The summed E-state index contributed by atoms with van der Waals surface area (Å²) in [5, 5.41) is 2.67. The van der Waals surface area contributed by atoms with E-state index in [1.807, 2.05) is 0 Å². The molecule has 2 N–H and O–H groups in total. The Kier molecular flexibility index (Phi) is 7.42. The lowest BCUT2D eigenvalue weighted by Crippen LogP contribution is -2.17. The number of hydrogen-bond donors (Lipinski definition) is 2. The molecule has 34 heavy (non-hydrogen) atoms. The van der Waals surface area contributed by atoms with Crippen molar-refractivity contribution in [3.63, 3.8) is 0 Å². The summed E-state index contributed by atoms with van der Waals surface area (Å²) < 4.78 is 43.0. The topological polar surface area (TPSA) is 120 Å². The maximum absolute atomic E-state index is 12.9. The highest BCUT2D eigenvalue weighted by Gasteiger charge is 2.20. The lowest BCUT2D eigenvalue weighted by molar-refractivity contribution is 0.0601. The highest BCUT2D eigenvalue weighted by molar-refractivity contribution is 7.92. The molecule has 0 spiro atoms. The monoisotopic (exact) mass is 484 g/mol. The first-order valence-corrected chi connectivity index (χ1v) is 11.5. The first-order chi connectivity index (χ1) is 16.2. The summed E-state index contributed by atoms with van der Waals surface area (Å²) >= 11 is 0. The van der Waals surface area contributed by atoms with Gasteiger partial charge < -0.3 is 19.5 Å². The predicted molar refractivity (Wildman–Crippen MR) is 127 cm³/mol. The second-order valence-electron chi connectivity index (χ2n) is 7.15. The second kappa shape index (κ2) is 10.3. The summed E-state index contributed by atoms with van der Waals surface area (Å²) in [6.45, 7) is 1.68. The van der Waals surface area contributed by atoms with Crippen LogP contribution >= 0.6 is 0 Å². The van der Waals surface area contributed by atoms with Crippen molar-refractivity contribution in [2.75, 3.05) is 31.4 Å². The van der Waals surface area contributed by atoms with Gasteiger partial charge in [0.2, 0.25) is 0 Å². The highest BCUT2D eigenvalue weighted by atomic mass is 32.2. The van der Waals surface area contributed by atoms with Crippen molar-refractivity contribution in [1.29, 1.82) is 0 Å². The number of anilines is 2. The van der Waals surface area contributed by atoms with Crippen molar-refractivity contribution in [3.8, 4) is 11.5 Å². The van der Waals surface area contributed by atoms with Crippen LogP contribution in [0.25, 0.3) is 0 Å². The Hall–Kier alpha value is -4.05. The average molecular weight is 485 g/mol. The first kappa shape index (κ1) is 24.6. The van der Waals surface area contributed by atoms with Crippen LogP contribution in [0.15, 0.2) is 65.6 Å². The van der Waals surface area contributed by atoms with Crippen LogP contribution in [0.4, 0.5) is 11.4 Å². The minimum Gasteiger partial charge on any atom is -0.493 e. The molecule has 3 aromatic carbocycles. The SMILES string of the molecule is COC(=O)c1cc(OC)c(OC)cc1NC(=O)c1ccc(NS(=O)(=O)c2ccccc2)c(C)c1. The Balaban J connectivity index is 1.88. The Morgan fingerprint density at radius 2 is 1.47 bits per heavy atom. The molecule has 1 amide bonds. The molecule has 0 fully saturated rings. The van der Waals surface area contributed by atoms with Crippen LogP contribution in [-0.2, 0) is 14.8 Å². The van der Waals surface area contributed by atoms with Crippen molar-refractivity contribution >= 4 is 33.3 Å². The van der Waals surface area contributed by atoms with Gasteiger partial charge in [0.05, 0.1) is 43.2 Å². The third-order valence-electron chi connectivity index (χ3n) is 4.96. The number of hydrogen-bond acceptors (Lipinski definition) is 7. The molecule has 0 aliphatic carbocycles. The number of sulfonamides is 1. The molecule has 0 aliphatic rings. The normalized spacial score (nSPS) is 10.8. The Morgan fingerprint density at radius 1 is 0.824 bits per heavy atom. The van der Waals surface area contributed by atoms with Crippen LogP contribution in [0.1, 0.15) is 26.3 Å². The number of carbonyl (C=O) groups is 2. The maximum Gasteiger partial charge on any atom is 0.340 e. The molecular weight excluding hydrogens is 460 g/mol. The molecule has 0 saturated carbocycles. The molecule has 0 atom stereocenters. The molecule has 3 aromatic rings. The van der Waals surface area contributed by atoms with E-state index < -0.39 is 21.9 Å². The van der Waals surface area contributed by atoms with Gasteiger partial charge in [-0.15, -0.1) is 0 Å². The Bertz CT molecular complexity index is 1320. The Morgan fingerprint density at radius 3 is 2.06 bits per heavy atom. The lowest BCUT2D eigenvalue weighted by atomic mass is 10.1. The van der Waals surface area contributed by atoms with E-state index in [1.165, 1.54) is 63.8 Å². The maximum atomic E-state index is 12.9. The minimum absolute atomic E-state index is 0.0810. The van der Waals surface area contributed by atoms with Gasteiger partial charge in [-0.1, -0.05) is 18.2 Å². The quantitative estimate of drug-likeness (QED) is 0.466. The summed E-state index contributed by atoms with van der Waals surface area (Å²) in [4.78, 5) is 25.3. The molecule has 178 valence electrons. The number of aryl methyl sites for hydroxylation is 1. The van der Waals surface area contributed by atoms with Gasteiger partial charge in [-0.3, -0.25) is 9.52 Å². The molecule has 0 heterocycles. The van der Waals surface area contributed by atoms with Crippen molar-refractivity contribution in [2.45, 2.75) is 11.8 Å². The van der Waals surface area contributed by atoms with Crippen molar-refractivity contribution in [3.05, 3.63) is 77.4 Å². The molecule has 0 radical (unpaired) electrons. The summed E-state index contributed by atoms with van der Waals surface area (Å²) in [6.07, 6.45) is 0. The van der Waals surface area contributed by atoms with Crippen LogP contribution in [0.5, 0.6) is 11.5 Å². The lowest BCUT2D eigenvalue weighted by Gasteiger charge is -2.15. The van der Waals surface area contributed by atoms with Gasteiger partial charge in [0.15, 0.2) is 11.5 Å². The predicted octanol–water partition coefficient (Wildman–Crippen LogP) is 3.85.